The van der Waals surface area contributed by atoms with Gasteiger partial charge in [-0.05, 0) is 45.2 Å². The summed E-state index contributed by atoms with van der Waals surface area (Å²) in [5.74, 6) is 0.884. The second-order valence-corrected chi connectivity index (χ2v) is 7.61. The van der Waals surface area contributed by atoms with Gasteiger partial charge < -0.3 is 20.1 Å². The van der Waals surface area contributed by atoms with Gasteiger partial charge in [0.05, 0.1) is 0 Å². The first-order chi connectivity index (χ1) is 13.1. The molecule has 2 aliphatic rings. The normalized spacial score (nSPS) is 19.5. The number of carbonyl (C=O) groups excluding carboxylic acids is 1. The molecule has 0 spiro atoms. The molecule has 2 aromatic heterocycles. The summed E-state index contributed by atoms with van der Waals surface area (Å²) in [7, 11) is 1.61. The molecule has 7 heteroatoms. The molecule has 1 saturated carbocycles. The largest absolute Gasteiger partial charge is 0.355 e. The minimum atomic E-state index is -0.242. The van der Waals surface area contributed by atoms with Gasteiger partial charge in [0.2, 0.25) is 5.82 Å². The lowest BCUT2D eigenvalue weighted by Crippen LogP contribution is -2.33. The minimum Gasteiger partial charge on any atom is -0.355 e. The third-order valence-corrected chi connectivity index (χ3v) is 5.66. The Morgan fingerprint density at radius 1 is 1.26 bits per heavy atom. The van der Waals surface area contributed by atoms with Crippen molar-refractivity contribution in [1.29, 1.82) is 0 Å². The first-order valence-corrected chi connectivity index (χ1v) is 9.78. The Labute approximate surface area is 160 Å². The molecule has 2 N–H and O–H groups in total. The number of hydrogen-bond donors (Lipinski definition) is 2. The maximum Gasteiger partial charge on any atom is 0.288 e. The summed E-state index contributed by atoms with van der Waals surface area (Å²) in [4.78, 5) is 23.1. The zero-order valence-corrected chi connectivity index (χ0v) is 16.3. The summed E-state index contributed by atoms with van der Waals surface area (Å²) in [5.41, 5.74) is 3.27. The predicted molar refractivity (Wildman–Crippen MR) is 105 cm³/mol. The van der Waals surface area contributed by atoms with Crippen LogP contribution in [0.2, 0.25) is 0 Å². The van der Waals surface area contributed by atoms with Crippen molar-refractivity contribution in [2.75, 3.05) is 25.0 Å². The predicted octanol–water partition coefficient (Wildman–Crippen LogP) is 1.96. The molecule has 3 heterocycles. The van der Waals surface area contributed by atoms with Crippen LogP contribution < -0.4 is 15.5 Å². The van der Waals surface area contributed by atoms with Gasteiger partial charge in [-0.15, -0.1) is 0 Å². The lowest BCUT2D eigenvalue weighted by molar-refractivity contribution is 0.0952. The first kappa shape index (κ1) is 18.0. The van der Waals surface area contributed by atoms with Crippen LogP contribution in [0.5, 0.6) is 0 Å². The molecule has 0 aromatic carbocycles. The van der Waals surface area contributed by atoms with Gasteiger partial charge in [0, 0.05) is 61.9 Å². The fourth-order valence-electron chi connectivity index (χ4n) is 3.79. The highest BCUT2D eigenvalue weighted by Gasteiger charge is 2.28. The number of aryl methyl sites for hydroxylation is 1. The number of nitrogens with zero attached hydrogens (tertiary/aromatic N) is 4. The summed E-state index contributed by atoms with van der Waals surface area (Å²) in [6.07, 6.45) is 5.88. The average Bonchev–Trinajstić information content (AvgIpc) is 3.22. The van der Waals surface area contributed by atoms with Crippen LogP contribution in [0.1, 0.15) is 52.9 Å². The van der Waals surface area contributed by atoms with Crippen LogP contribution in [0.25, 0.3) is 0 Å². The van der Waals surface area contributed by atoms with Gasteiger partial charge in [0.25, 0.3) is 5.91 Å². The van der Waals surface area contributed by atoms with Crippen molar-refractivity contribution in [3.63, 3.8) is 0 Å². The van der Waals surface area contributed by atoms with Crippen molar-refractivity contribution in [2.24, 2.45) is 0 Å². The van der Waals surface area contributed by atoms with Crippen LogP contribution >= 0.6 is 0 Å². The lowest BCUT2D eigenvalue weighted by Gasteiger charge is -2.21. The Morgan fingerprint density at radius 2 is 2.07 bits per heavy atom. The molecular formula is C20H28N6O. The second-order valence-electron chi connectivity index (χ2n) is 7.61. The number of carbonyl (C=O) groups is 1. The van der Waals surface area contributed by atoms with E-state index >= 15 is 0 Å². The molecule has 1 aliphatic carbocycles. The zero-order chi connectivity index (χ0) is 19.0. The topological polar surface area (TPSA) is 75.1 Å². The molecule has 4 rings (SSSR count). The van der Waals surface area contributed by atoms with E-state index in [9.17, 15) is 4.79 Å². The minimum absolute atomic E-state index is 0.242. The van der Waals surface area contributed by atoms with Crippen molar-refractivity contribution in [3.05, 3.63) is 41.1 Å². The molecule has 144 valence electrons. The average molecular weight is 368 g/mol. The number of aromatic nitrogens is 3. The molecule has 0 unspecified atom stereocenters. The van der Waals surface area contributed by atoms with Crippen LogP contribution in [-0.2, 0) is 6.54 Å². The molecule has 1 atom stereocenters. The Hall–Kier alpha value is -2.41. The number of anilines is 1. The Balaban J connectivity index is 1.42. The van der Waals surface area contributed by atoms with Crippen LogP contribution in [0.3, 0.4) is 0 Å². The maximum atomic E-state index is 12.0. The third-order valence-electron chi connectivity index (χ3n) is 5.66. The van der Waals surface area contributed by atoms with E-state index in [0.29, 0.717) is 12.1 Å². The van der Waals surface area contributed by atoms with Gasteiger partial charge in [0.15, 0.2) is 0 Å². The van der Waals surface area contributed by atoms with Crippen LogP contribution in [0, 0.1) is 13.8 Å². The van der Waals surface area contributed by atoms with Gasteiger partial charge >= 0.3 is 0 Å². The smallest absolute Gasteiger partial charge is 0.288 e. The van der Waals surface area contributed by atoms with Crippen molar-refractivity contribution in [3.8, 4) is 0 Å². The fraction of sp³-hybridized carbons (Fsp3) is 0.550. The standard InChI is InChI=1S/C20H28N6O/c1-13-14(2)23-18(20(27)21-3)24-19(13)25-10-8-15(12-25)22-11-17-5-4-9-26(17)16-6-7-16/h4-5,9,15-16,22H,6-8,10-12H2,1-3H3,(H,21,27)/t15-/m1/s1. The summed E-state index contributed by atoms with van der Waals surface area (Å²) < 4.78 is 2.41. The Bertz CT molecular complexity index is 841. The van der Waals surface area contributed by atoms with Gasteiger partial charge in [-0.25, -0.2) is 9.97 Å². The second kappa shape index (κ2) is 7.31. The van der Waals surface area contributed by atoms with E-state index in [0.717, 1.165) is 43.1 Å². The summed E-state index contributed by atoms with van der Waals surface area (Å²) in [6, 6.07) is 5.49. The lowest BCUT2D eigenvalue weighted by atomic mass is 10.2. The number of nitrogens with one attached hydrogen (secondary N) is 2. The SMILES string of the molecule is CNC(=O)c1nc(C)c(C)c(N2CC[C@@H](NCc3cccn3C3CC3)C2)n1. The van der Waals surface area contributed by atoms with Crippen LogP contribution in [-0.4, -0.2) is 46.6 Å². The van der Waals surface area contributed by atoms with Crippen LogP contribution in [0.4, 0.5) is 5.82 Å². The van der Waals surface area contributed by atoms with E-state index in [4.69, 9.17) is 0 Å². The highest BCUT2D eigenvalue weighted by molar-refractivity contribution is 5.90. The van der Waals surface area contributed by atoms with E-state index < -0.39 is 0 Å². The van der Waals surface area contributed by atoms with Crippen molar-refractivity contribution >= 4 is 11.7 Å². The number of rotatable bonds is 6. The molecule has 2 aromatic rings. The molecule has 1 aliphatic heterocycles. The molecule has 27 heavy (non-hydrogen) atoms. The molecule has 2 fully saturated rings. The maximum absolute atomic E-state index is 12.0. The van der Waals surface area contributed by atoms with E-state index in [1.54, 1.807) is 7.05 Å². The third kappa shape index (κ3) is 3.69. The molecule has 1 amide bonds. The van der Waals surface area contributed by atoms with Gasteiger partial charge in [-0.1, -0.05) is 0 Å². The van der Waals surface area contributed by atoms with Crippen molar-refractivity contribution in [1.82, 2.24) is 25.2 Å². The van der Waals surface area contributed by atoms with Crippen molar-refractivity contribution < 1.29 is 4.79 Å². The zero-order valence-electron chi connectivity index (χ0n) is 16.3. The Kier molecular flexibility index (Phi) is 4.86. The van der Waals surface area contributed by atoms with E-state index in [2.05, 4.69) is 48.4 Å². The van der Waals surface area contributed by atoms with Gasteiger partial charge in [-0.2, -0.15) is 0 Å². The van der Waals surface area contributed by atoms with Gasteiger partial charge in [-0.3, -0.25) is 4.79 Å². The Morgan fingerprint density at radius 3 is 2.81 bits per heavy atom. The highest BCUT2D eigenvalue weighted by Crippen LogP contribution is 2.36. The van der Waals surface area contributed by atoms with E-state index in [1.165, 1.54) is 18.5 Å². The first-order valence-electron chi connectivity index (χ1n) is 9.78. The summed E-state index contributed by atoms with van der Waals surface area (Å²) in [6.45, 7) is 6.69. The van der Waals surface area contributed by atoms with E-state index in [1.807, 2.05) is 13.8 Å². The summed E-state index contributed by atoms with van der Waals surface area (Å²) in [5, 5.41) is 6.32. The monoisotopic (exact) mass is 368 g/mol. The molecule has 1 saturated heterocycles. The van der Waals surface area contributed by atoms with Crippen LogP contribution in [0.15, 0.2) is 18.3 Å². The molecule has 0 radical (unpaired) electrons. The number of amides is 1. The molecule has 0 bridgehead atoms. The highest BCUT2D eigenvalue weighted by atomic mass is 16.2. The van der Waals surface area contributed by atoms with Gasteiger partial charge in [0.1, 0.15) is 5.82 Å². The molecular weight excluding hydrogens is 340 g/mol. The summed E-state index contributed by atoms with van der Waals surface area (Å²) >= 11 is 0. The molecule has 7 nitrogen and oxygen atoms in total. The van der Waals surface area contributed by atoms with Crippen molar-refractivity contribution in [2.45, 2.75) is 51.7 Å². The van der Waals surface area contributed by atoms with E-state index in [-0.39, 0.29) is 11.7 Å². The fourth-order valence-corrected chi connectivity index (χ4v) is 3.79. The number of hydrogen-bond acceptors (Lipinski definition) is 5. The quantitative estimate of drug-likeness (QED) is 0.815.